The van der Waals surface area contributed by atoms with Gasteiger partial charge in [0.25, 0.3) is 0 Å². The topological polar surface area (TPSA) is 146 Å². The zero-order chi connectivity index (χ0) is 33.7. The van der Waals surface area contributed by atoms with Crippen molar-refractivity contribution >= 4 is 23.9 Å². The standard InChI is InChI=1S/C36H34O10/c1-19-13-25(7-9-29(19)45-35(41)27-15-21(3)31(37)22(4)16-27)33(39)43-11-12-44-34(40)26-8-10-30(20(2)14-26)46-36(42)28-17-23(5)32(38)24(6)18-28/h7-10,13-18,37-38H,11-12H2,1-6H3. The molecule has 0 saturated heterocycles. The van der Waals surface area contributed by atoms with E-state index < -0.39 is 23.9 Å². The van der Waals surface area contributed by atoms with Crippen molar-refractivity contribution in [1.29, 1.82) is 0 Å². The van der Waals surface area contributed by atoms with Gasteiger partial charge in [0.15, 0.2) is 0 Å². The minimum absolute atomic E-state index is 0.118. The van der Waals surface area contributed by atoms with E-state index in [-0.39, 0.29) is 58.5 Å². The van der Waals surface area contributed by atoms with Crippen molar-refractivity contribution in [2.45, 2.75) is 41.5 Å². The van der Waals surface area contributed by atoms with E-state index in [2.05, 4.69) is 0 Å². The van der Waals surface area contributed by atoms with Gasteiger partial charge in [-0.25, -0.2) is 19.2 Å². The second-order valence-electron chi connectivity index (χ2n) is 10.9. The summed E-state index contributed by atoms with van der Waals surface area (Å²) in [7, 11) is 0. The lowest BCUT2D eigenvalue weighted by atomic mass is 10.1. The zero-order valence-corrected chi connectivity index (χ0v) is 26.3. The van der Waals surface area contributed by atoms with Crippen LogP contribution in [-0.2, 0) is 9.47 Å². The number of hydrogen-bond acceptors (Lipinski definition) is 10. The fraction of sp³-hybridized carbons (Fsp3) is 0.222. The van der Waals surface area contributed by atoms with Gasteiger partial charge >= 0.3 is 23.9 Å². The van der Waals surface area contributed by atoms with Crippen LogP contribution in [0.4, 0.5) is 0 Å². The maximum absolute atomic E-state index is 12.6. The molecule has 0 spiro atoms. The number of rotatable bonds is 9. The predicted molar refractivity (Wildman–Crippen MR) is 168 cm³/mol. The second kappa shape index (κ2) is 14.0. The smallest absolute Gasteiger partial charge is 0.343 e. The molecule has 0 unspecified atom stereocenters. The van der Waals surface area contributed by atoms with Gasteiger partial charge in [0.2, 0.25) is 0 Å². The summed E-state index contributed by atoms with van der Waals surface area (Å²) in [6.07, 6.45) is 0. The van der Waals surface area contributed by atoms with Gasteiger partial charge in [0.05, 0.1) is 22.3 Å². The highest BCUT2D eigenvalue weighted by Gasteiger charge is 2.18. The molecule has 46 heavy (non-hydrogen) atoms. The Labute approximate surface area is 266 Å². The molecular weight excluding hydrogens is 592 g/mol. The number of esters is 4. The van der Waals surface area contributed by atoms with Gasteiger partial charge in [0.1, 0.15) is 36.2 Å². The van der Waals surface area contributed by atoms with E-state index in [1.807, 2.05) is 0 Å². The molecule has 10 heteroatoms. The number of aryl methyl sites for hydroxylation is 6. The SMILES string of the molecule is Cc1cc(C(=O)OCCOC(=O)c2ccc(OC(=O)c3cc(C)c(O)c(C)c3)c(C)c2)ccc1OC(=O)c1cc(C)c(O)c(C)c1. The van der Waals surface area contributed by atoms with Crippen molar-refractivity contribution in [3.05, 3.63) is 116 Å². The summed E-state index contributed by atoms with van der Waals surface area (Å²) < 4.78 is 21.4. The molecule has 0 heterocycles. The van der Waals surface area contributed by atoms with Gasteiger partial charge in [-0.2, -0.15) is 0 Å². The van der Waals surface area contributed by atoms with Crippen LogP contribution in [0.3, 0.4) is 0 Å². The Morgan fingerprint density at radius 1 is 0.457 bits per heavy atom. The molecule has 4 aromatic rings. The van der Waals surface area contributed by atoms with Crippen molar-refractivity contribution in [3.63, 3.8) is 0 Å². The molecule has 0 aliphatic heterocycles. The molecule has 0 bridgehead atoms. The van der Waals surface area contributed by atoms with E-state index >= 15 is 0 Å². The number of carbonyl (C=O) groups excluding carboxylic acids is 4. The van der Waals surface area contributed by atoms with E-state index in [1.54, 1.807) is 41.5 Å². The Kier molecular flexibility index (Phi) is 10.1. The molecule has 2 N–H and O–H groups in total. The van der Waals surface area contributed by atoms with E-state index in [0.717, 1.165) is 0 Å². The van der Waals surface area contributed by atoms with Crippen LogP contribution < -0.4 is 9.47 Å². The first-order valence-electron chi connectivity index (χ1n) is 14.4. The molecule has 0 aromatic heterocycles. The van der Waals surface area contributed by atoms with Gasteiger partial charge in [-0.3, -0.25) is 0 Å². The number of phenolic OH excluding ortho intramolecular Hbond substituents is 2. The van der Waals surface area contributed by atoms with Crippen molar-refractivity contribution in [2.24, 2.45) is 0 Å². The molecule has 0 aliphatic rings. The molecule has 4 aromatic carbocycles. The van der Waals surface area contributed by atoms with Gasteiger partial charge in [0, 0.05) is 0 Å². The Bertz CT molecular complexity index is 1670. The maximum atomic E-state index is 12.6. The van der Waals surface area contributed by atoms with Crippen LogP contribution in [0.25, 0.3) is 0 Å². The minimum Gasteiger partial charge on any atom is -0.507 e. The number of phenols is 2. The summed E-state index contributed by atoms with van der Waals surface area (Å²) in [5.41, 5.74) is 4.28. The largest absolute Gasteiger partial charge is 0.507 e. The zero-order valence-electron chi connectivity index (χ0n) is 26.3. The Morgan fingerprint density at radius 2 is 0.761 bits per heavy atom. The summed E-state index contributed by atoms with van der Waals surface area (Å²) in [6.45, 7) is 9.72. The molecule has 10 nitrogen and oxygen atoms in total. The lowest BCUT2D eigenvalue weighted by Gasteiger charge is -2.12. The van der Waals surface area contributed by atoms with Crippen LogP contribution in [0.5, 0.6) is 23.0 Å². The van der Waals surface area contributed by atoms with Crippen molar-refractivity contribution in [3.8, 4) is 23.0 Å². The van der Waals surface area contributed by atoms with Crippen molar-refractivity contribution < 1.29 is 48.3 Å². The molecule has 4 rings (SSSR count). The van der Waals surface area contributed by atoms with Crippen LogP contribution >= 0.6 is 0 Å². The third kappa shape index (κ3) is 7.71. The molecular formula is C36H34O10. The van der Waals surface area contributed by atoms with Gasteiger partial charge in [-0.1, -0.05) is 0 Å². The highest BCUT2D eigenvalue weighted by Crippen LogP contribution is 2.27. The van der Waals surface area contributed by atoms with Crippen molar-refractivity contribution in [2.75, 3.05) is 13.2 Å². The first-order chi connectivity index (χ1) is 21.7. The minimum atomic E-state index is -0.650. The number of benzene rings is 4. The summed E-state index contributed by atoms with van der Waals surface area (Å²) in [5.74, 6) is -1.74. The fourth-order valence-electron chi connectivity index (χ4n) is 4.68. The van der Waals surface area contributed by atoms with Crippen LogP contribution in [0.2, 0.25) is 0 Å². The molecule has 0 aliphatic carbocycles. The van der Waals surface area contributed by atoms with Crippen molar-refractivity contribution in [1.82, 2.24) is 0 Å². The highest BCUT2D eigenvalue weighted by molar-refractivity contribution is 5.94. The van der Waals surface area contributed by atoms with E-state index in [9.17, 15) is 29.4 Å². The lowest BCUT2D eigenvalue weighted by molar-refractivity contribution is 0.0265. The Morgan fingerprint density at radius 3 is 1.07 bits per heavy atom. The van der Waals surface area contributed by atoms with E-state index in [4.69, 9.17) is 18.9 Å². The fourth-order valence-corrected chi connectivity index (χ4v) is 4.68. The van der Waals surface area contributed by atoms with Gasteiger partial charge < -0.3 is 29.2 Å². The van der Waals surface area contributed by atoms with Gasteiger partial charge in [-0.15, -0.1) is 0 Å². The van der Waals surface area contributed by atoms with E-state index in [1.165, 1.54) is 60.7 Å². The van der Waals surface area contributed by atoms with Crippen LogP contribution in [0, 0.1) is 41.5 Å². The predicted octanol–water partition coefficient (Wildman–Crippen LogP) is 6.40. The van der Waals surface area contributed by atoms with Gasteiger partial charge in [-0.05, 0) is 136 Å². The summed E-state index contributed by atoms with van der Waals surface area (Å²) in [4.78, 5) is 50.4. The third-order valence-corrected chi connectivity index (χ3v) is 7.23. The maximum Gasteiger partial charge on any atom is 0.343 e. The number of hydrogen-bond donors (Lipinski definition) is 2. The number of carbonyl (C=O) groups is 4. The van der Waals surface area contributed by atoms with Crippen LogP contribution in [0.15, 0.2) is 60.7 Å². The molecule has 0 saturated carbocycles. The molecule has 0 radical (unpaired) electrons. The first-order valence-corrected chi connectivity index (χ1v) is 14.4. The van der Waals surface area contributed by atoms with Crippen LogP contribution in [0.1, 0.15) is 74.8 Å². The Balaban J connectivity index is 1.27. The number of aromatic hydroxyl groups is 2. The summed E-state index contributed by atoms with van der Waals surface area (Å²) in [6, 6.07) is 15.1. The monoisotopic (exact) mass is 626 g/mol. The average molecular weight is 627 g/mol. The normalized spacial score (nSPS) is 10.7. The quantitative estimate of drug-likeness (QED) is 0.122. The first kappa shape index (κ1) is 33.3. The molecule has 0 amide bonds. The Hall–Kier alpha value is -5.64. The third-order valence-electron chi connectivity index (χ3n) is 7.23. The second-order valence-corrected chi connectivity index (χ2v) is 10.9. The summed E-state index contributed by atoms with van der Waals surface area (Å²) >= 11 is 0. The average Bonchev–Trinajstić information content (AvgIpc) is 3.01. The molecule has 0 atom stereocenters. The van der Waals surface area contributed by atoms with E-state index in [0.29, 0.717) is 33.4 Å². The summed E-state index contributed by atoms with van der Waals surface area (Å²) in [5, 5.41) is 19.9. The number of ether oxygens (including phenoxy) is 4. The molecule has 0 fully saturated rings. The molecule has 238 valence electrons. The van der Waals surface area contributed by atoms with Crippen LogP contribution in [-0.4, -0.2) is 47.3 Å². The lowest BCUT2D eigenvalue weighted by Crippen LogP contribution is -2.15. The highest BCUT2D eigenvalue weighted by atomic mass is 16.6.